The third-order valence-electron chi connectivity index (χ3n) is 6.86. The van der Waals surface area contributed by atoms with Gasteiger partial charge in [-0.3, -0.25) is 0 Å². The molecule has 212 valence electrons. The number of fused-ring (bicyclic) bond motifs is 7. The predicted molar refractivity (Wildman–Crippen MR) is 182 cm³/mol. The minimum absolute atomic E-state index is 0.0621. The molecule has 0 aliphatic carbocycles. The number of furan rings is 1. The minimum Gasteiger partial charge on any atom is -0.454 e. The molecule has 6 aromatic carbocycles. The number of hydrogen-bond acceptors (Lipinski definition) is 4. The molecule has 9 rings (SSSR count). The van der Waals surface area contributed by atoms with Crippen molar-refractivity contribution in [3.8, 4) is 39.9 Å². The van der Waals surface area contributed by atoms with Crippen LogP contribution in [-0.2, 0) is 0 Å². The van der Waals surface area contributed by atoms with E-state index in [4.69, 9.17) is 29.1 Å². The molecule has 0 bridgehead atoms. The molecule has 5 heteroatoms. The first-order valence-corrected chi connectivity index (χ1v) is 13.2. The van der Waals surface area contributed by atoms with E-state index in [1.807, 2.05) is 0 Å². The van der Waals surface area contributed by atoms with E-state index in [1.54, 1.807) is 0 Å². The van der Waals surface area contributed by atoms with Crippen molar-refractivity contribution in [2.45, 2.75) is 6.92 Å². The Kier molecular flexibility index (Phi) is 2.54. The lowest BCUT2D eigenvalue weighted by Crippen LogP contribution is -2.00. The van der Waals surface area contributed by atoms with Crippen molar-refractivity contribution in [1.82, 2.24) is 19.5 Å². The Morgan fingerprint density at radius 2 is 1.07 bits per heavy atom. The van der Waals surface area contributed by atoms with E-state index in [0.29, 0.717) is 0 Å². The number of para-hydroxylation sites is 2. The first kappa shape index (κ1) is 11.5. The van der Waals surface area contributed by atoms with Crippen LogP contribution < -0.4 is 0 Å². The molecule has 0 fully saturated rings. The SMILES string of the molecule is [2H]c1c([2H])c([2H])c(-c2nc(-c3c([2H])c([2H])c(C)c([2H])c3[2H])nc(-c3c([2H])c([2H])c(-n4c5c([2H])c([2H])c([2H])c([2H])c5c5c([2H])c([2H])c6c(oc7c([2H])c([2H])c([2H])c([2H])c76)c54)c([2H])c3[2H])n2)c([2H])c1[2H]. The maximum absolute atomic E-state index is 9.50. The molecule has 0 aliphatic rings. The highest BCUT2D eigenvalue weighted by Gasteiger charge is 2.19. The minimum atomic E-state index is -0.979. The molecule has 0 spiro atoms. The lowest BCUT2D eigenvalue weighted by atomic mass is 10.1. The quantitative estimate of drug-likeness (QED) is 0.201. The molecule has 0 radical (unpaired) electrons. The Labute approximate surface area is 291 Å². The lowest BCUT2D eigenvalue weighted by Gasteiger charge is -2.11. The smallest absolute Gasteiger partial charge is 0.164 e. The molecule has 0 saturated carbocycles. The van der Waals surface area contributed by atoms with Gasteiger partial charge in [0.2, 0.25) is 0 Å². The average molecular weight is 602 g/mol. The highest BCUT2D eigenvalue weighted by Crippen LogP contribution is 2.40. The van der Waals surface area contributed by atoms with Crippen molar-refractivity contribution in [3.05, 3.63) is 145 Å². The van der Waals surface area contributed by atoms with Crippen molar-refractivity contribution in [3.63, 3.8) is 0 Å². The van der Waals surface area contributed by atoms with E-state index in [9.17, 15) is 6.85 Å². The summed E-state index contributed by atoms with van der Waals surface area (Å²) in [6.45, 7) is 1.33. The molecule has 0 saturated heterocycles. The lowest BCUT2D eigenvalue weighted by molar-refractivity contribution is 0.671. The van der Waals surface area contributed by atoms with Crippen LogP contribution in [0.15, 0.2) is 143 Å². The number of aromatic nitrogens is 4. The molecule has 0 amide bonds. The average Bonchev–Trinajstić information content (AvgIpc) is 3.88. The maximum Gasteiger partial charge on any atom is 0.164 e. The number of benzene rings is 6. The molecule has 45 heavy (non-hydrogen) atoms. The van der Waals surface area contributed by atoms with E-state index >= 15 is 0 Å². The third-order valence-corrected chi connectivity index (χ3v) is 6.86. The van der Waals surface area contributed by atoms with Gasteiger partial charge >= 0.3 is 0 Å². The van der Waals surface area contributed by atoms with Crippen LogP contribution in [0.5, 0.6) is 0 Å². The fraction of sp³-hybridized carbons (Fsp3) is 0.0250. The Bertz CT molecular complexity index is 3690. The highest BCUT2D eigenvalue weighted by molar-refractivity contribution is 6.21. The predicted octanol–water partition coefficient (Wildman–Crippen LogP) is 10.2. The maximum atomic E-state index is 9.50. The second-order valence-corrected chi connectivity index (χ2v) is 9.57. The summed E-state index contributed by atoms with van der Waals surface area (Å²) < 4.78 is 209. The topological polar surface area (TPSA) is 56.7 Å². The first-order valence-electron chi connectivity index (χ1n) is 24.7. The molecule has 0 N–H and O–H groups in total. The van der Waals surface area contributed by atoms with Gasteiger partial charge in [0.1, 0.15) is 5.58 Å². The Hall–Kier alpha value is -6.07. The van der Waals surface area contributed by atoms with Crippen LogP contribution >= 0.6 is 0 Å². The number of nitrogens with zero attached hydrogens (tertiary/aromatic N) is 4. The van der Waals surface area contributed by atoms with Gasteiger partial charge in [-0.15, -0.1) is 0 Å². The van der Waals surface area contributed by atoms with Crippen molar-refractivity contribution >= 4 is 43.7 Å². The molecule has 9 aromatic rings. The normalized spacial score (nSPS) is 18.8. The summed E-state index contributed by atoms with van der Waals surface area (Å²) in [7, 11) is 0. The summed E-state index contributed by atoms with van der Waals surface area (Å²) in [4.78, 5) is 12.8. The molecule has 5 nitrogen and oxygen atoms in total. The van der Waals surface area contributed by atoms with Crippen molar-refractivity contribution in [2.24, 2.45) is 0 Å². The van der Waals surface area contributed by atoms with Gasteiger partial charge < -0.3 is 8.98 Å². The van der Waals surface area contributed by atoms with Crippen LogP contribution in [-0.4, -0.2) is 19.5 Å². The largest absolute Gasteiger partial charge is 0.454 e. The van der Waals surface area contributed by atoms with Gasteiger partial charge in [-0.2, -0.15) is 0 Å². The first-order chi connectivity index (χ1) is 31.8. The highest BCUT2D eigenvalue weighted by atomic mass is 16.3. The van der Waals surface area contributed by atoms with Gasteiger partial charge in [0.15, 0.2) is 23.1 Å². The van der Waals surface area contributed by atoms with Crippen LogP contribution in [0, 0.1) is 6.92 Å². The summed E-state index contributed by atoms with van der Waals surface area (Å²) in [6.07, 6.45) is 0. The van der Waals surface area contributed by atoms with Gasteiger partial charge in [-0.1, -0.05) is 102 Å². The summed E-state index contributed by atoms with van der Waals surface area (Å²) in [5.41, 5.74) is -4.67. The third kappa shape index (κ3) is 4.13. The van der Waals surface area contributed by atoms with Crippen molar-refractivity contribution in [1.29, 1.82) is 0 Å². The zero-order chi connectivity index (χ0) is 49.9. The summed E-state index contributed by atoms with van der Waals surface area (Å²) in [6, 6.07) is -17.7. The molecular weight excluding hydrogens is 552 g/mol. The zero-order valence-electron chi connectivity index (χ0n) is 45.7. The Morgan fingerprint density at radius 3 is 1.78 bits per heavy atom. The van der Waals surface area contributed by atoms with E-state index < -0.39 is 212 Å². The summed E-state index contributed by atoms with van der Waals surface area (Å²) >= 11 is 0. The van der Waals surface area contributed by atoms with Crippen molar-refractivity contribution in [2.75, 3.05) is 0 Å². The monoisotopic (exact) mass is 601 g/mol. The van der Waals surface area contributed by atoms with Crippen LogP contribution in [0.25, 0.3) is 83.6 Å². The van der Waals surface area contributed by atoms with Gasteiger partial charge in [0.05, 0.1) is 42.6 Å². The van der Waals surface area contributed by atoms with Crippen LogP contribution in [0.2, 0.25) is 0 Å². The summed E-state index contributed by atoms with van der Waals surface area (Å²) in [5.74, 6) is -2.20. The van der Waals surface area contributed by atoms with Gasteiger partial charge in [0, 0.05) is 43.9 Å². The molecule has 0 unspecified atom stereocenters. The number of rotatable bonds is 4. The van der Waals surface area contributed by atoms with E-state index in [1.165, 1.54) is 6.92 Å². The van der Waals surface area contributed by atoms with Gasteiger partial charge in [-0.05, 0) is 49.2 Å². The fourth-order valence-corrected chi connectivity index (χ4v) is 4.88. The van der Waals surface area contributed by atoms with Crippen molar-refractivity contribution < 1.29 is 35.9 Å². The number of hydrogen-bond donors (Lipinski definition) is 0. The fourth-order valence-electron chi connectivity index (χ4n) is 4.88. The molecule has 3 aromatic heterocycles. The standard InChI is InChI=1S/C40H26N4O/c1-25-15-17-27(18-16-25)39-41-38(26-9-3-2-4-10-26)42-40(43-39)28-19-21-29(22-20-28)44-34-13-7-5-11-30(34)32-23-24-33-31-12-6-8-14-35(31)45-37(33)36(32)44/h2-24H,1H3/i2D,3D,4D,5D,6D,7D,8D,9D,10D,11D,12D,13D,14D,15D,16D,17D,18D,19D,20D,21D,22D,23D,24D. The van der Waals surface area contributed by atoms with Gasteiger partial charge in [-0.25, -0.2) is 15.0 Å². The van der Waals surface area contributed by atoms with Gasteiger partial charge in [0.25, 0.3) is 0 Å². The Balaban J connectivity index is 1.46. The second kappa shape index (κ2) is 10.00. The second-order valence-electron chi connectivity index (χ2n) is 9.57. The zero-order valence-corrected chi connectivity index (χ0v) is 22.7. The van der Waals surface area contributed by atoms with E-state index in [0.717, 1.165) is 4.57 Å². The van der Waals surface area contributed by atoms with E-state index in [-0.39, 0.29) is 16.3 Å². The van der Waals surface area contributed by atoms with Crippen LogP contribution in [0.3, 0.4) is 0 Å². The Morgan fingerprint density at radius 1 is 0.511 bits per heavy atom. The molecular formula is C40H26N4O. The van der Waals surface area contributed by atoms with Crippen LogP contribution in [0.1, 0.15) is 37.1 Å². The molecule has 3 heterocycles. The summed E-state index contributed by atoms with van der Waals surface area (Å²) in [5, 5.41) is -1.52. The molecule has 0 aliphatic heterocycles. The van der Waals surface area contributed by atoms with E-state index in [2.05, 4.69) is 15.0 Å². The van der Waals surface area contributed by atoms with Crippen LogP contribution in [0.4, 0.5) is 0 Å². The molecule has 0 atom stereocenters.